The molecule has 0 spiro atoms. The first kappa shape index (κ1) is 20.3. The van der Waals surface area contributed by atoms with Gasteiger partial charge in [0.05, 0.1) is 29.7 Å². The Morgan fingerprint density at radius 2 is 1.91 bits per heavy atom. The van der Waals surface area contributed by atoms with Crippen molar-refractivity contribution in [2.75, 3.05) is 5.32 Å². The second kappa shape index (κ2) is 8.52. The van der Waals surface area contributed by atoms with E-state index in [2.05, 4.69) is 20.6 Å². The van der Waals surface area contributed by atoms with Crippen LogP contribution in [0.3, 0.4) is 0 Å². The van der Waals surface area contributed by atoms with Crippen molar-refractivity contribution in [2.45, 2.75) is 16.3 Å². The van der Waals surface area contributed by atoms with Gasteiger partial charge in [0, 0.05) is 26.4 Å². The summed E-state index contributed by atoms with van der Waals surface area (Å²) >= 11 is 2.86. The fourth-order valence-corrected chi connectivity index (χ4v) is 5.03. The predicted octanol–water partition coefficient (Wildman–Crippen LogP) is 4.99. The van der Waals surface area contributed by atoms with Crippen LogP contribution in [0.15, 0.2) is 76.8 Å². The van der Waals surface area contributed by atoms with Crippen molar-refractivity contribution in [1.29, 1.82) is 0 Å². The molecule has 2 amide bonds. The third kappa shape index (κ3) is 4.12. The second-order valence-electron chi connectivity index (χ2n) is 6.94. The number of nitrogens with zero attached hydrogens (tertiary/aromatic N) is 2. The zero-order valence-electron chi connectivity index (χ0n) is 16.5. The molecule has 0 bridgehead atoms. The van der Waals surface area contributed by atoms with Crippen LogP contribution in [-0.4, -0.2) is 21.8 Å². The molecule has 3 heterocycles. The summed E-state index contributed by atoms with van der Waals surface area (Å²) in [6.45, 7) is 0.293. The molecule has 0 fully saturated rings. The summed E-state index contributed by atoms with van der Waals surface area (Å²) < 4.78 is 13.0. The van der Waals surface area contributed by atoms with Gasteiger partial charge in [0.2, 0.25) is 0 Å². The zero-order valence-corrected chi connectivity index (χ0v) is 18.1. The molecule has 0 aliphatic carbocycles. The van der Waals surface area contributed by atoms with Gasteiger partial charge in [0.1, 0.15) is 10.8 Å². The molecule has 32 heavy (non-hydrogen) atoms. The van der Waals surface area contributed by atoms with E-state index in [0.29, 0.717) is 34.1 Å². The van der Waals surface area contributed by atoms with E-state index in [1.54, 1.807) is 30.5 Å². The minimum atomic E-state index is -0.406. The van der Waals surface area contributed by atoms with Gasteiger partial charge in [0.15, 0.2) is 0 Å². The fraction of sp³-hybridized carbons (Fsp3) is 0.0435. The Labute approximate surface area is 190 Å². The predicted molar refractivity (Wildman–Crippen MR) is 121 cm³/mol. The van der Waals surface area contributed by atoms with Crippen molar-refractivity contribution >= 4 is 40.6 Å². The lowest BCUT2D eigenvalue weighted by Gasteiger charge is -2.09. The molecule has 2 aromatic heterocycles. The van der Waals surface area contributed by atoms with Crippen molar-refractivity contribution in [2.24, 2.45) is 0 Å². The van der Waals surface area contributed by atoms with Gasteiger partial charge in [-0.3, -0.25) is 14.6 Å². The number of carbonyl (C=O) groups is 2. The van der Waals surface area contributed by atoms with Gasteiger partial charge in [-0.2, -0.15) is 0 Å². The number of amides is 2. The molecule has 1 aliphatic heterocycles. The van der Waals surface area contributed by atoms with E-state index in [0.717, 1.165) is 20.9 Å². The van der Waals surface area contributed by atoms with E-state index in [1.807, 2.05) is 24.3 Å². The molecule has 0 radical (unpaired) electrons. The monoisotopic (exact) mass is 462 g/mol. The third-order valence-corrected chi connectivity index (χ3v) is 6.94. The molecule has 5 rings (SSSR count). The number of fused-ring (bicyclic) bond motifs is 2. The number of pyridine rings is 1. The number of anilines is 1. The first-order valence-electron chi connectivity index (χ1n) is 9.64. The lowest BCUT2D eigenvalue weighted by atomic mass is 10.1. The van der Waals surface area contributed by atoms with Gasteiger partial charge < -0.3 is 10.6 Å². The molecule has 0 atom stereocenters. The molecular weight excluding hydrogens is 447 g/mol. The molecule has 4 aromatic rings. The lowest BCUT2D eigenvalue weighted by molar-refractivity contribution is 0.0949. The Morgan fingerprint density at radius 1 is 1.03 bits per heavy atom. The maximum absolute atomic E-state index is 13.0. The molecule has 0 unspecified atom stereocenters. The van der Waals surface area contributed by atoms with Gasteiger partial charge in [-0.15, -0.1) is 11.3 Å². The summed E-state index contributed by atoms with van der Waals surface area (Å²) in [6, 6.07) is 15.6. The minimum Gasteiger partial charge on any atom is -0.347 e. The smallest absolute Gasteiger partial charge is 0.256 e. The normalized spacial score (nSPS) is 12.3. The average molecular weight is 463 g/mol. The summed E-state index contributed by atoms with van der Waals surface area (Å²) in [5.41, 5.74) is 2.23. The Morgan fingerprint density at radius 3 is 2.75 bits per heavy atom. The summed E-state index contributed by atoms with van der Waals surface area (Å²) in [6.07, 6.45) is 2.81. The number of hydrogen-bond acceptors (Lipinski definition) is 6. The van der Waals surface area contributed by atoms with Crippen LogP contribution < -0.4 is 10.6 Å². The van der Waals surface area contributed by atoms with Gasteiger partial charge in [0.25, 0.3) is 11.8 Å². The van der Waals surface area contributed by atoms with Crippen molar-refractivity contribution < 1.29 is 14.0 Å². The highest BCUT2D eigenvalue weighted by atomic mass is 32.2. The fourth-order valence-electron chi connectivity index (χ4n) is 3.19. The van der Waals surface area contributed by atoms with Crippen molar-refractivity contribution in [3.8, 4) is 10.7 Å². The Kier molecular flexibility index (Phi) is 5.42. The van der Waals surface area contributed by atoms with Crippen molar-refractivity contribution in [3.05, 3.63) is 88.8 Å². The van der Waals surface area contributed by atoms with Crippen LogP contribution in [0.4, 0.5) is 10.1 Å². The van der Waals surface area contributed by atoms with Crippen LogP contribution in [-0.2, 0) is 6.54 Å². The highest BCUT2D eigenvalue weighted by Gasteiger charge is 2.20. The highest BCUT2D eigenvalue weighted by molar-refractivity contribution is 7.99. The molecule has 158 valence electrons. The topological polar surface area (TPSA) is 84.0 Å². The summed E-state index contributed by atoms with van der Waals surface area (Å²) in [5, 5.41) is 6.41. The van der Waals surface area contributed by atoms with Crippen LogP contribution in [0, 0.1) is 5.82 Å². The third-order valence-electron chi connectivity index (χ3n) is 4.76. The van der Waals surface area contributed by atoms with Gasteiger partial charge in [-0.1, -0.05) is 23.9 Å². The molecular formula is C23H15FN4O2S2. The molecule has 0 saturated carbocycles. The van der Waals surface area contributed by atoms with E-state index >= 15 is 0 Å². The standard InChI is InChI=1S/C23H15FN4O2S2/c24-14-6-7-17(25-10-14)23-27-12-15(31-23)11-26-21(29)13-5-8-20-18(9-13)28-22(30)16-3-1-2-4-19(16)32-20/h1-10,12H,11H2,(H,26,29)(H,28,30). The van der Waals surface area contributed by atoms with Gasteiger partial charge in [-0.05, 0) is 42.5 Å². The number of aromatic nitrogens is 2. The quantitative estimate of drug-likeness (QED) is 0.446. The molecule has 2 aromatic carbocycles. The van der Waals surface area contributed by atoms with Crippen molar-refractivity contribution in [1.82, 2.24) is 15.3 Å². The minimum absolute atomic E-state index is 0.198. The molecule has 0 saturated heterocycles. The Bertz CT molecular complexity index is 1340. The second-order valence-corrected chi connectivity index (χ2v) is 9.14. The molecule has 9 heteroatoms. The van der Waals surface area contributed by atoms with Crippen LogP contribution in [0.25, 0.3) is 10.7 Å². The summed E-state index contributed by atoms with van der Waals surface area (Å²) in [4.78, 5) is 36.2. The number of carbonyl (C=O) groups excluding carboxylic acids is 2. The maximum Gasteiger partial charge on any atom is 0.256 e. The van der Waals surface area contributed by atoms with Gasteiger partial charge in [-0.25, -0.2) is 9.37 Å². The van der Waals surface area contributed by atoms with E-state index < -0.39 is 5.82 Å². The Hall–Kier alpha value is -3.56. The number of nitrogens with one attached hydrogen (secondary N) is 2. The summed E-state index contributed by atoms with van der Waals surface area (Å²) in [7, 11) is 0. The Balaban J connectivity index is 1.28. The maximum atomic E-state index is 13.0. The van der Waals surface area contributed by atoms with Crippen LogP contribution in [0.2, 0.25) is 0 Å². The molecule has 6 nitrogen and oxygen atoms in total. The SMILES string of the molecule is O=C(NCc1cnc(-c2ccc(F)cn2)s1)c1ccc2c(c1)NC(=O)c1ccccc1S2. The van der Waals surface area contributed by atoms with E-state index in [9.17, 15) is 14.0 Å². The average Bonchev–Trinajstić information content (AvgIpc) is 3.23. The number of benzene rings is 2. The number of hydrogen-bond donors (Lipinski definition) is 2. The largest absolute Gasteiger partial charge is 0.347 e. The summed E-state index contributed by atoms with van der Waals surface area (Å²) in [5.74, 6) is -0.864. The zero-order chi connectivity index (χ0) is 22.1. The first-order valence-corrected chi connectivity index (χ1v) is 11.3. The molecule has 1 aliphatic rings. The number of thiazole rings is 1. The van der Waals surface area contributed by atoms with E-state index in [-0.39, 0.29) is 11.8 Å². The highest BCUT2D eigenvalue weighted by Crippen LogP contribution is 2.39. The van der Waals surface area contributed by atoms with Gasteiger partial charge >= 0.3 is 0 Å². The van der Waals surface area contributed by atoms with E-state index in [1.165, 1.54) is 29.2 Å². The first-order chi connectivity index (χ1) is 15.6. The van der Waals surface area contributed by atoms with Crippen molar-refractivity contribution in [3.63, 3.8) is 0 Å². The number of rotatable bonds is 4. The molecule has 2 N–H and O–H groups in total. The van der Waals surface area contributed by atoms with Crippen LogP contribution in [0.5, 0.6) is 0 Å². The van der Waals surface area contributed by atoms with Crippen LogP contribution >= 0.6 is 23.1 Å². The van der Waals surface area contributed by atoms with E-state index in [4.69, 9.17) is 0 Å². The lowest BCUT2D eigenvalue weighted by Crippen LogP contribution is -2.22. The van der Waals surface area contributed by atoms with Crippen LogP contribution in [0.1, 0.15) is 25.6 Å². The number of halogens is 1.